The quantitative estimate of drug-likeness (QED) is 0.390. The maximum atomic E-state index is 12.4. The van der Waals surface area contributed by atoms with Crippen LogP contribution in [0.15, 0.2) is 42.5 Å². The van der Waals surface area contributed by atoms with Crippen LogP contribution in [-0.2, 0) is 16.1 Å². The molecule has 0 bridgehead atoms. The number of Topliss-reactive ketones (excluding diaryl/α,β-unsaturated/α-hetero) is 1. The van der Waals surface area contributed by atoms with Gasteiger partial charge in [-0.3, -0.25) is 9.59 Å². The molecule has 0 atom stereocenters. The second-order valence-corrected chi connectivity index (χ2v) is 7.37. The summed E-state index contributed by atoms with van der Waals surface area (Å²) < 4.78 is 16.1. The molecule has 0 amide bonds. The fraction of sp³-hybridized carbons (Fsp3) is 0.261. The molecular formula is C23H23N5O5. The Morgan fingerprint density at radius 2 is 1.76 bits per heavy atom. The van der Waals surface area contributed by atoms with Crippen LogP contribution in [0.3, 0.4) is 0 Å². The number of ether oxygens (including phenoxy) is 3. The van der Waals surface area contributed by atoms with Gasteiger partial charge in [-0.15, -0.1) is 0 Å². The molecule has 1 aliphatic rings. The molecule has 3 N–H and O–H groups in total. The van der Waals surface area contributed by atoms with Crippen molar-refractivity contribution in [3.63, 3.8) is 0 Å². The first-order valence-electron chi connectivity index (χ1n) is 10.4. The van der Waals surface area contributed by atoms with E-state index >= 15 is 0 Å². The molecule has 10 nitrogen and oxygen atoms in total. The Bertz CT molecular complexity index is 1170. The van der Waals surface area contributed by atoms with Gasteiger partial charge >= 0.3 is 5.97 Å². The maximum absolute atomic E-state index is 12.4. The second kappa shape index (κ2) is 9.94. The lowest BCUT2D eigenvalue weighted by molar-refractivity contribution is -0.145. The molecule has 4 rings (SSSR count). The van der Waals surface area contributed by atoms with Crippen molar-refractivity contribution in [1.29, 1.82) is 0 Å². The second-order valence-electron chi connectivity index (χ2n) is 7.37. The Kier molecular flexibility index (Phi) is 6.63. The summed E-state index contributed by atoms with van der Waals surface area (Å²) in [5.74, 6) is 0.822. The summed E-state index contributed by atoms with van der Waals surface area (Å²) in [6, 6.07) is 12.6. The zero-order valence-corrected chi connectivity index (χ0v) is 18.0. The lowest BCUT2D eigenvalue weighted by Gasteiger charge is -2.18. The minimum Gasteiger partial charge on any atom is -0.486 e. The number of aromatic nitrogens is 3. The molecule has 0 radical (unpaired) electrons. The van der Waals surface area contributed by atoms with E-state index in [1.54, 1.807) is 18.2 Å². The van der Waals surface area contributed by atoms with Gasteiger partial charge in [-0.1, -0.05) is 17.7 Å². The average Bonchev–Trinajstić information content (AvgIpc) is 2.82. The van der Waals surface area contributed by atoms with Gasteiger partial charge in [0.05, 0.1) is 6.42 Å². The van der Waals surface area contributed by atoms with Crippen molar-refractivity contribution in [2.75, 3.05) is 24.3 Å². The van der Waals surface area contributed by atoms with Gasteiger partial charge in [0.2, 0.25) is 11.9 Å². The molecule has 2 aromatic carbocycles. The highest BCUT2D eigenvalue weighted by atomic mass is 16.6. The Balaban J connectivity index is 1.29. The normalized spacial score (nSPS) is 12.2. The highest BCUT2D eigenvalue weighted by Gasteiger charge is 2.16. The van der Waals surface area contributed by atoms with Gasteiger partial charge in [-0.05, 0) is 37.3 Å². The number of hydrogen-bond donors (Lipinski definition) is 2. The van der Waals surface area contributed by atoms with Crippen molar-refractivity contribution in [3.8, 4) is 11.5 Å². The van der Waals surface area contributed by atoms with E-state index < -0.39 is 5.97 Å². The average molecular weight is 449 g/mol. The third-order valence-corrected chi connectivity index (χ3v) is 4.79. The number of carbonyl (C=O) groups is 2. The van der Waals surface area contributed by atoms with Crippen molar-refractivity contribution in [2.45, 2.75) is 26.4 Å². The van der Waals surface area contributed by atoms with E-state index in [1.165, 1.54) is 0 Å². The SMILES string of the molecule is Cc1ccc(Nc2nc(N)nc(COC(=O)CCC(=O)c3ccc4c(c3)OCCO4)n2)cc1. The van der Waals surface area contributed by atoms with E-state index in [0.717, 1.165) is 11.3 Å². The summed E-state index contributed by atoms with van der Waals surface area (Å²) >= 11 is 0. The van der Waals surface area contributed by atoms with Crippen LogP contribution in [-0.4, -0.2) is 39.9 Å². The molecule has 0 unspecified atom stereocenters. The predicted octanol–water partition coefficient (Wildman–Crippen LogP) is 2.98. The van der Waals surface area contributed by atoms with Crippen LogP contribution in [0.5, 0.6) is 11.5 Å². The molecule has 1 aromatic heterocycles. The smallest absolute Gasteiger partial charge is 0.306 e. The molecule has 0 saturated carbocycles. The Morgan fingerprint density at radius 3 is 2.55 bits per heavy atom. The van der Waals surface area contributed by atoms with Crippen molar-refractivity contribution in [3.05, 3.63) is 59.4 Å². The third kappa shape index (κ3) is 5.94. The number of carbonyl (C=O) groups excluding carboxylic acids is 2. The summed E-state index contributed by atoms with van der Waals surface area (Å²) in [5, 5.41) is 3.03. The number of nitrogens with one attached hydrogen (secondary N) is 1. The standard InChI is InChI=1S/C23H23N5O5/c1-14-2-5-16(6-3-14)25-23-27-20(26-22(24)28-23)13-33-21(30)9-7-17(29)15-4-8-18-19(12-15)32-11-10-31-18/h2-6,8,12H,7,9-11,13H2,1H3,(H3,24,25,26,27,28). The number of anilines is 3. The van der Waals surface area contributed by atoms with Crippen LogP contribution in [0.1, 0.15) is 34.6 Å². The number of nitrogens with zero attached hydrogens (tertiary/aromatic N) is 3. The Morgan fingerprint density at radius 1 is 1.00 bits per heavy atom. The van der Waals surface area contributed by atoms with Crippen LogP contribution >= 0.6 is 0 Å². The predicted molar refractivity (Wildman–Crippen MR) is 119 cm³/mol. The molecule has 3 aromatic rings. The van der Waals surface area contributed by atoms with Crippen molar-refractivity contribution in [1.82, 2.24) is 15.0 Å². The van der Waals surface area contributed by atoms with Gasteiger partial charge in [-0.2, -0.15) is 15.0 Å². The summed E-state index contributed by atoms with van der Waals surface area (Å²) in [6.45, 7) is 2.70. The maximum Gasteiger partial charge on any atom is 0.306 e. The fourth-order valence-electron chi connectivity index (χ4n) is 3.12. The summed E-state index contributed by atoms with van der Waals surface area (Å²) in [7, 11) is 0. The molecule has 0 fully saturated rings. The van der Waals surface area contributed by atoms with Crippen molar-refractivity contribution in [2.24, 2.45) is 0 Å². The first kappa shape index (κ1) is 22.0. The highest BCUT2D eigenvalue weighted by Crippen LogP contribution is 2.31. The van der Waals surface area contributed by atoms with Gasteiger partial charge in [0.25, 0.3) is 0 Å². The molecule has 33 heavy (non-hydrogen) atoms. The van der Waals surface area contributed by atoms with Gasteiger partial charge in [0, 0.05) is 17.7 Å². The molecule has 0 aliphatic carbocycles. The molecule has 0 saturated heterocycles. The monoisotopic (exact) mass is 449 g/mol. The number of fused-ring (bicyclic) bond motifs is 1. The zero-order valence-electron chi connectivity index (χ0n) is 18.0. The first-order chi connectivity index (χ1) is 16.0. The Labute approximate surface area is 190 Å². The number of nitrogen functional groups attached to an aromatic ring is 1. The molecule has 2 heterocycles. The minimum atomic E-state index is -0.548. The van der Waals surface area contributed by atoms with E-state index in [2.05, 4.69) is 20.3 Å². The first-order valence-corrected chi connectivity index (χ1v) is 10.4. The number of hydrogen-bond acceptors (Lipinski definition) is 10. The number of nitrogens with two attached hydrogens (primary N) is 1. The summed E-state index contributed by atoms with van der Waals surface area (Å²) in [5.41, 5.74) is 8.10. The summed E-state index contributed by atoms with van der Waals surface area (Å²) in [6.07, 6.45) is -0.0830. The van der Waals surface area contributed by atoms with Gasteiger partial charge in [0.15, 0.2) is 29.7 Å². The molecular weight excluding hydrogens is 426 g/mol. The molecule has 0 spiro atoms. The number of rotatable bonds is 8. The molecule has 170 valence electrons. The van der Waals surface area contributed by atoms with E-state index in [0.29, 0.717) is 30.3 Å². The van der Waals surface area contributed by atoms with E-state index in [1.807, 2.05) is 31.2 Å². The lowest BCUT2D eigenvalue weighted by atomic mass is 10.1. The number of aryl methyl sites for hydroxylation is 1. The van der Waals surface area contributed by atoms with Gasteiger partial charge in [-0.25, -0.2) is 0 Å². The van der Waals surface area contributed by atoms with Crippen LogP contribution < -0.4 is 20.5 Å². The van der Waals surface area contributed by atoms with E-state index in [9.17, 15) is 9.59 Å². The number of esters is 1. The van der Waals surface area contributed by atoms with Crippen LogP contribution in [0.4, 0.5) is 17.6 Å². The zero-order chi connectivity index (χ0) is 23.2. The van der Waals surface area contributed by atoms with Gasteiger partial charge in [0.1, 0.15) is 13.2 Å². The highest BCUT2D eigenvalue weighted by molar-refractivity contribution is 5.98. The Hall–Kier alpha value is -4.21. The minimum absolute atomic E-state index is 0.000512. The van der Waals surface area contributed by atoms with Gasteiger partial charge < -0.3 is 25.3 Å². The fourth-order valence-corrected chi connectivity index (χ4v) is 3.12. The van der Waals surface area contributed by atoms with E-state index in [-0.39, 0.29) is 43.0 Å². The number of benzene rings is 2. The van der Waals surface area contributed by atoms with Crippen LogP contribution in [0.25, 0.3) is 0 Å². The van der Waals surface area contributed by atoms with Crippen LogP contribution in [0.2, 0.25) is 0 Å². The van der Waals surface area contributed by atoms with Crippen molar-refractivity contribution < 1.29 is 23.8 Å². The topological polar surface area (TPSA) is 139 Å². The third-order valence-electron chi connectivity index (χ3n) is 4.79. The molecule has 10 heteroatoms. The largest absolute Gasteiger partial charge is 0.486 e. The van der Waals surface area contributed by atoms with Crippen LogP contribution in [0, 0.1) is 6.92 Å². The van der Waals surface area contributed by atoms with E-state index in [4.69, 9.17) is 19.9 Å². The van der Waals surface area contributed by atoms with Crippen molar-refractivity contribution >= 4 is 29.3 Å². The molecule has 1 aliphatic heterocycles. The lowest BCUT2D eigenvalue weighted by Crippen LogP contribution is -2.16. The summed E-state index contributed by atoms with van der Waals surface area (Å²) in [4.78, 5) is 36.8. The number of ketones is 1.